The number of allylic oxidation sites excluding steroid dienone is 1. The average Bonchev–Trinajstić information content (AvgIpc) is 2.36. The largest absolute Gasteiger partial charge is 0.504 e. The summed E-state index contributed by atoms with van der Waals surface area (Å²) in [4.78, 5) is 11.3. The van der Waals surface area contributed by atoms with E-state index in [9.17, 15) is 9.90 Å². The van der Waals surface area contributed by atoms with E-state index in [1.807, 2.05) is 0 Å². The van der Waals surface area contributed by atoms with Gasteiger partial charge in [-0.3, -0.25) is 0 Å². The van der Waals surface area contributed by atoms with Gasteiger partial charge in [-0.2, -0.15) is 0 Å². The molecule has 1 rings (SSSR count). The minimum atomic E-state index is -0.438. The minimum absolute atomic E-state index is 0.195. The molecule has 0 fully saturated rings. The molecule has 0 amide bonds. The van der Waals surface area contributed by atoms with E-state index < -0.39 is 5.97 Å². The molecule has 0 aromatic heterocycles. The highest BCUT2D eigenvalue weighted by Crippen LogP contribution is 2.25. The number of carbonyl (C=O) groups excluding carboxylic acids is 1. The predicted molar refractivity (Wildman–Crippen MR) is 69.2 cm³/mol. The zero-order chi connectivity index (χ0) is 13.4. The van der Waals surface area contributed by atoms with Crippen LogP contribution >= 0.6 is 0 Å². The van der Waals surface area contributed by atoms with Gasteiger partial charge in [0.05, 0.1) is 6.61 Å². The molecule has 2 N–H and O–H groups in total. The third-order valence-corrected chi connectivity index (χ3v) is 2.21. The number of benzene rings is 1. The predicted octanol–water partition coefficient (Wildman–Crippen LogP) is 2.62. The molecular formula is C14H16O4. The maximum Gasteiger partial charge on any atom is 0.330 e. The van der Waals surface area contributed by atoms with Gasteiger partial charge in [-0.05, 0) is 36.6 Å². The highest BCUT2D eigenvalue weighted by Gasteiger charge is 1.99. The quantitative estimate of drug-likeness (QED) is 0.267. The number of aromatic hydroxyl groups is 2. The number of hydrogen-bond acceptors (Lipinski definition) is 4. The Morgan fingerprint density at radius 3 is 2.78 bits per heavy atom. The first-order chi connectivity index (χ1) is 8.63. The average molecular weight is 248 g/mol. The Labute approximate surface area is 106 Å². The van der Waals surface area contributed by atoms with E-state index in [2.05, 4.69) is 6.58 Å². The van der Waals surface area contributed by atoms with Crippen LogP contribution in [-0.2, 0) is 9.53 Å². The molecule has 18 heavy (non-hydrogen) atoms. The molecule has 4 nitrogen and oxygen atoms in total. The fourth-order valence-electron chi connectivity index (χ4n) is 1.26. The molecule has 0 heterocycles. The highest BCUT2D eigenvalue weighted by molar-refractivity contribution is 5.87. The van der Waals surface area contributed by atoms with E-state index >= 15 is 0 Å². The van der Waals surface area contributed by atoms with Gasteiger partial charge >= 0.3 is 5.97 Å². The van der Waals surface area contributed by atoms with Crippen LogP contribution in [-0.4, -0.2) is 22.8 Å². The third-order valence-electron chi connectivity index (χ3n) is 2.21. The molecule has 0 atom stereocenters. The van der Waals surface area contributed by atoms with Gasteiger partial charge in [0.15, 0.2) is 11.5 Å². The van der Waals surface area contributed by atoms with Crippen molar-refractivity contribution in [3.63, 3.8) is 0 Å². The van der Waals surface area contributed by atoms with E-state index in [1.165, 1.54) is 24.3 Å². The van der Waals surface area contributed by atoms with Crippen LogP contribution in [0.15, 0.2) is 36.9 Å². The minimum Gasteiger partial charge on any atom is -0.504 e. The van der Waals surface area contributed by atoms with Crippen molar-refractivity contribution in [2.24, 2.45) is 0 Å². The lowest BCUT2D eigenvalue weighted by molar-refractivity contribution is -0.137. The van der Waals surface area contributed by atoms with Crippen LogP contribution in [0.25, 0.3) is 6.08 Å². The van der Waals surface area contributed by atoms with Crippen molar-refractivity contribution in [3.8, 4) is 11.5 Å². The standard InChI is InChI=1S/C14H16O4/c1-2-3-4-9-18-14(17)8-6-11-5-7-12(15)13(16)10-11/h2,5-8,10,15-16H,1,3-4,9H2/b8-6+. The molecule has 4 heteroatoms. The van der Waals surface area contributed by atoms with Crippen LogP contribution in [0.3, 0.4) is 0 Å². The molecule has 0 aliphatic rings. The first kappa shape index (κ1) is 13.8. The summed E-state index contributed by atoms with van der Waals surface area (Å²) in [6.07, 6.45) is 6.11. The number of hydrogen-bond donors (Lipinski definition) is 2. The maximum atomic E-state index is 11.3. The van der Waals surface area contributed by atoms with Crippen molar-refractivity contribution in [2.75, 3.05) is 6.61 Å². The van der Waals surface area contributed by atoms with Crippen molar-refractivity contribution in [2.45, 2.75) is 12.8 Å². The number of carbonyl (C=O) groups is 1. The van der Waals surface area contributed by atoms with Gasteiger partial charge in [-0.1, -0.05) is 12.1 Å². The molecule has 1 aromatic rings. The maximum absolute atomic E-state index is 11.3. The molecule has 96 valence electrons. The Morgan fingerprint density at radius 2 is 2.11 bits per heavy atom. The van der Waals surface area contributed by atoms with Gasteiger partial charge in [0.2, 0.25) is 0 Å². The second kappa shape index (κ2) is 7.17. The van der Waals surface area contributed by atoms with Crippen LogP contribution in [0.2, 0.25) is 0 Å². The molecule has 0 saturated carbocycles. The number of esters is 1. The van der Waals surface area contributed by atoms with Crippen molar-refractivity contribution in [3.05, 3.63) is 42.5 Å². The Morgan fingerprint density at radius 1 is 1.33 bits per heavy atom. The molecule has 0 bridgehead atoms. The number of ether oxygens (including phenoxy) is 1. The smallest absolute Gasteiger partial charge is 0.330 e. The summed E-state index contributed by atoms with van der Waals surface area (Å²) < 4.78 is 4.93. The second-order valence-electron chi connectivity index (χ2n) is 3.68. The van der Waals surface area contributed by atoms with E-state index in [0.717, 1.165) is 12.8 Å². The second-order valence-corrected chi connectivity index (χ2v) is 3.68. The first-order valence-electron chi connectivity index (χ1n) is 5.61. The molecule has 0 aliphatic heterocycles. The number of phenolic OH excluding ortho intramolecular Hbond substituents is 2. The van der Waals surface area contributed by atoms with Crippen molar-refractivity contribution in [1.29, 1.82) is 0 Å². The van der Waals surface area contributed by atoms with Gasteiger partial charge in [0, 0.05) is 6.08 Å². The fourth-order valence-corrected chi connectivity index (χ4v) is 1.26. The van der Waals surface area contributed by atoms with Gasteiger partial charge in [0.25, 0.3) is 0 Å². The summed E-state index contributed by atoms with van der Waals surface area (Å²) in [5.74, 6) is -0.859. The highest BCUT2D eigenvalue weighted by atomic mass is 16.5. The SMILES string of the molecule is C=CCCCOC(=O)/C=C/c1ccc(O)c(O)c1. The van der Waals surface area contributed by atoms with Crippen LogP contribution in [0.5, 0.6) is 11.5 Å². The van der Waals surface area contributed by atoms with Crippen LogP contribution in [0.4, 0.5) is 0 Å². The Kier molecular flexibility index (Phi) is 5.51. The monoisotopic (exact) mass is 248 g/mol. The number of phenols is 2. The fraction of sp³-hybridized carbons (Fsp3) is 0.214. The summed E-state index contributed by atoms with van der Waals surface area (Å²) in [5.41, 5.74) is 0.605. The lowest BCUT2D eigenvalue weighted by atomic mass is 10.2. The Bertz CT molecular complexity index is 449. The van der Waals surface area contributed by atoms with Crippen molar-refractivity contribution < 1.29 is 19.7 Å². The lowest BCUT2D eigenvalue weighted by Crippen LogP contribution is -2.01. The normalized spacial score (nSPS) is 10.4. The van der Waals surface area contributed by atoms with E-state index in [0.29, 0.717) is 12.2 Å². The number of unbranched alkanes of at least 4 members (excludes halogenated alkanes) is 1. The van der Waals surface area contributed by atoms with Crippen molar-refractivity contribution in [1.82, 2.24) is 0 Å². The zero-order valence-corrected chi connectivity index (χ0v) is 10.0. The van der Waals surface area contributed by atoms with Gasteiger partial charge in [-0.15, -0.1) is 6.58 Å². The first-order valence-corrected chi connectivity index (χ1v) is 5.61. The van der Waals surface area contributed by atoms with Crippen LogP contribution < -0.4 is 0 Å². The molecule has 0 unspecified atom stereocenters. The summed E-state index contributed by atoms with van der Waals surface area (Å²) in [7, 11) is 0. The van der Waals surface area contributed by atoms with Gasteiger partial charge in [-0.25, -0.2) is 4.79 Å². The lowest BCUT2D eigenvalue weighted by Gasteiger charge is -2.00. The molecule has 1 aromatic carbocycles. The molecule has 0 spiro atoms. The molecule has 0 radical (unpaired) electrons. The molecule has 0 aliphatic carbocycles. The zero-order valence-electron chi connectivity index (χ0n) is 10.0. The third kappa shape index (κ3) is 4.74. The van der Waals surface area contributed by atoms with Crippen molar-refractivity contribution >= 4 is 12.0 Å². The Hall–Kier alpha value is -2.23. The Balaban J connectivity index is 2.45. The molecular weight excluding hydrogens is 232 g/mol. The van der Waals surface area contributed by atoms with Crippen LogP contribution in [0.1, 0.15) is 18.4 Å². The summed E-state index contributed by atoms with van der Waals surface area (Å²) >= 11 is 0. The van der Waals surface area contributed by atoms with E-state index in [1.54, 1.807) is 12.1 Å². The summed E-state index contributed by atoms with van der Waals surface area (Å²) in [6, 6.07) is 4.29. The summed E-state index contributed by atoms with van der Waals surface area (Å²) in [6.45, 7) is 3.93. The summed E-state index contributed by atoms with van der Waals surface area (Å²) in [5, 5.41) is 18.4. The van der Waals surface area contributed by atoms with Gasteiger partial charge < -0.3 is 14.9 Å². The van der Waals surface area contributed by atoms with E-state index in [4.69, 9.17) is 9.84 Å². The molecule has 0 saturated heterocycles. The topological polar surface area (TPSA) is 66.8 Å². The van der Waals surface area contributed by atoms with Gasteiger partial charge in [0.1, 0.15) is 0 Å². The van der Waals surface area contributed by atoms with Crippen LogP contribution in [0, 0.1) is 0 Å². The number of rotatable bonds is 6. The van der Waals surface area contributed by atoms with E-state index in [-0.39, 0.29) is 11.5 Å².